The number of benzene rings is 16. The van der Waals surface area contributed by atoms with Crippen molar-refractivity contribution in [2.75, 3.05) is 14.2 Å². The van der Waals surface area contributed by atoms with E-state index < -0.39 is 103 Å². The lowest BCUT2D eigenvalue weighted by molar-refractivity contribution is -0.432. The molecule has 49 heteroatoms. The van der Waals surface area contributed by atoms with Gasteiger partial charge in [-0.3, -0.25) is 32.6 Å². The van der Waals surface area contributed by atoms with Crippen LogP contribution in [0.15, 0.2) is 362 Å². The zero-order valence-corrected chi connectivity index (χ0v) is 84.3. The quantitative estimate of drug-likeness (QED) is 0.00579. The van der Waals surface area contributed by atoms with E-state index >= 15 is 0 Å². The maximum atomic E-state index is 13.9. The first-order chi connectivity index (χ1) is 70.6. The van der Waals surface area contributed by atoms with Crippen LogP contribution in [0.25, 0.3) is 32.3 Å². The van der Waals surface area contributed by atoms with Crippen molar-refractivity contribution in [3.05, 3.63) is 359 Å². The molecule has 16 aromatic rings. The van der Waals surface area contributed by atoms with E-state index in [9.17, 15) is 83.1 Å². The third kappa shape index (κ3) is 26.3. The van der Waals surface area contributed by atoms with Gasteiger partial charge in [-0.05, 0) is 289 Å². The van der Waals surface area contributed by atoms with E-state index in [-0.39, 0.29) is 125 Å². The molecule has 0 aliphatic heterocycles. The van der Waals surface area contributed by atoms with Crippen molar-refractivity contribution in [2.45, 2.75) is 85.8 Å². The second-order valence-corrected chi connectivity index (χ2v) is 43.8. The predicted octanol–water partition coefficient (Wildman–Crippen LogP) is 21.9. The van der Waals surface area contributed by atoms with Gasteiger partial charge in [0.05, 0.1) is 91.8 Å². The van der Waals surface area contributed by atoms with Gasteiger partial charge >= 0.3 is 0 Å². The summed E-state index contributed by atoms with van der Waals surface area (Å²) in [6.07, 6.45) is 0. The minimum atomic E-state index is -5.12. The number of hydrogen-bond acceptors (Lipinski definition) is 39. The molecule has 16 rings (SSSR count). The molecule has 0 bridgehead atoms. The van der Waals surface area contributed by atoms with Crippen LogP contribution in [-0.2, 0) is 111 Å². The van der Waals surface area contributed by atoms with E-state index in [0.29, 0.717) is 105 Å². The molecule has 0 saturated carbocycles. The van der Waals surface area contributed by atoms with Gasteiger partial charge in [-0.15, -0.1) is 17.3 Å². The Balaban J connectivity index is 0.000000222. The summed E-state index contributed by atoms with van der Waals surface area (Å²) in [7, 11) is -24.8. The molecule has 0 fully saturated rings. The number of carbonyl (C=O) groups excluding carboxylic acids is 3. The molecular formula is C99H74O39S10. The van der Waals surface area contributed by atoms with Gasteiger partial charge in [-0.1, -0.05) is 91.9 Å². The number of ketones is 3. The summed E-state index contributed by atoms with van der Waals surface area (Å²) in [5, 5.41) is 53.0. The van der Waals surface area contributed by atoms with Gasteiger partial charge in [0.15, 0.2) is 17.3 Å². The molecule has 0 radical (unpaired) electrons. The normalized spacial score (nSPS) is 11.9. The molecule has 764 valence electrons. The molecule has 0 heterocycles. The van der Waals surface area contributed by atoms with Crippen LogP contribution in [0.3, 0.4) is 0 Å². The summed E-state index contributed by atoms with van der Waals surface area (Å²) >= 11 is 1.78. The van der Waals surface area contributed by atoms with Crippen molar-refractivity contribution in [1.82, 2.24) is 0 Å². The monoisotopic (exact) mass is 2210 g/mol. The number of sulfone groups is 2. The smallest absolute Gasteiger partial charge is 0.298 e. The van der Waals surface area contributed by atoms with Crippen LogP contribution in [0.1, 0.15) is 70.0 Å². The van der Waals surface area contributed by atoms with Crippen LogP contribution in [0, 0.1) is 13.8 Å². The molecule has 16 aromatic carbocycles. The summed E-state index contributed by atoms with van der Waals surface area (Å²) in [6.45, 7) is 3.56. The fraction of sp³-hybridized carbons (Fsp3) is 0.0606. The van der Waals surface area contributed by atoms with Gasteiger partial charge in [-0.25, -0.2) is 37.9 Å². The second-order valence-electron chi connectivity index (χ2n) is 31.3. The Bertz CT molecular complexity index is 8510. The van der Waals surface area contributed by atoms with Gasteiger partial charge in [-0.2, -0.15) is 33.7 Å². The van der Waals surface area contributed by atoms with Crippen LogP contribution >= 0.6 is 48.2 Å². The Morgan fingerprint density at radius 1 is 0.250 bits per heavy atom. The maximum absolute atomic E-state index is 13.9. The largest absolute Gasteiger partial charge is 0.495 e. The zero-order valence-electron chi connectivity index (χ0n) is 76.1. The van der Waals surface area contributed by atoms with Crippen LogP contribution < -0.4 is 37.9 Å². The van der Waals surface area contributed by atoms with Gasteiger partial charge in [0.1, 0.15) is 102 Å². The number of fused-ring (bicyclic) bond motifs is 3. The zero-order chi connectivity index (χ0) is 106. The Labute approximate surface area is 858 Å². The first-order valence-electron chi connectivity index (χ1n) is 42.1. The fourth-order valence-electron chi connectivity index (χ4n) is 14.6. The van der Waals surface area contributed by atoms with E-state index in [1.54, 1.807) is 140 Å². The Kier molecular flexibility index (Phi) is 34.2. The lowest BCUT2D eigenvalue weighted by Crippen LogP contribution is -2.08. The highest BCUT2D eigenvalue weighted by molar-refractivity contribution is 7.95. The summed E-state index contributed by atoms with van der Waals surface area (Å²) in [5.41, 5.74) is 3.04. The number of rotatable bonds is 42. The Morgan fingerprint density at radius 2 is 0.527 bits per heavy atom. The molecule has 8 N–H and O–H groups in total. The van der Waals surface area contributed by atoms with Gasteiger partial charge in [0, 0.05) is 54.3 Å². The number of methoxy groups -OCH3 is 2. The van der Waals surface area contributed by atoms with E-state index in [4.69, 9.17) is 63.3 Å². The minimum absolute atomic E-state index is 0.0114. The van der Waals surface area contributed by atoms with Crippen molar-refractivity contribution in [3.63, 3.8) is 0 Å². The molecule has 0 amide bonds. The highest BCUT2D eigenvalue weighted by Crippen LogP contribution is 2.46. The standard InChI is InChI=1S/C51H38O20S5.C48H36O19S5/c1-30-3-18-41(19-4-30)74(56,57)42-20-16-40(17-21-42)66-39-14-9-32(10-15-39)50(52)31-7-12-38(13-8-31)65-29-35-6-5-33(25-46(35)72-70-68-54)51(53)34-11-22-43(48(27-34)75(58,59)60)67-44-23-36-24-45(64-2)49(76(61,62)63)28-37(36)26-47(44)73-71-69-55;1-28-3-14-39(15-4-28)70(52,53)40-16-12-36(13-17-40)62-38-11-8-29-19-37(10-7-30(29)20-38)61-27-33-6-5-31(23-44(33)68-66-64-50)48(49)32-9-18-41(46(25-32)71(54,55)56)63-42-21-34-22-43(60-2)47(72(57,58)59)26-35(34)24-45(42)69-67-65-51/h3-28,54-55H,29H2,1-2H3,(H,58,59,60)(H,61,62,63);3-26,50-51H,27H2,1-2H3,(H,54,55,56)(H,57,58,59). The van der Waals surface area contributed by atoms with Crippen molar-refractivity contribution < 1.29 is 180 Å². The summed E-state index contributed by atoms with van der Waals surface area (Å²) in [6, 6.07) is 73.5. The van der Waals surface area contributed by atoms with Gasteiger partial charge in [0.25, 0.3) is 40.5 Å². The molecule has 0 spiro atoms. The van der Waals surface area contributed by atoms with Crippen molar-refractivity contribution in [1.29, 1.82) is 0 Å². The molecule has 0 aromatic heterocycles. The number of ether oxygens (including phenoxy) is 8. The fourth-order valence-corrected chi connectivity index (χ4v) is 21.6. The molecule has 148 heavy (non-hydrogen) atoms. The molecule has 39 nitrogen and oxygen atoms in total. The van der Waals surface area contributed by atoms with Gasteiger partial charge in [0.2, 0.25) is 19.7 Å². The maximum Gasteiger partial charge on any atom is 0.298 e. The SMILES string of the molecule is COc1cc2cc(Oc3ccc(C(=O)c4ccc(COc5ccc(C(=O)c6ccc(Oc7ccc(S(=O)(=O)c8ccc(C)cc8)cc7)cc6)cc5)c(SOOO)c4)cc3S(=O)(=O)O)c(SOOO)cc2cc1S(=O)(=O)O.COc1cc2cc(Oc3ccc(C(=O)c4ccc(COc5ccc6cc(Oc7ccc(S(=O)(=O)c8ccc(C)cc8)cc7)ccc6c5)c(SOOO)c4)cc3S(=O)(=O)O)c(SOOO)cc2cc1S(=O)(=O)O. The third-order valence-electron chi connectivity index (χ3n) is 21.8. The summed E-state index contributed by atoms with van der Waals surface area (Å²) in [4.78, 5) is 39.4. The molecule has 0 aliphatic carbocycles. The van der Waals surface area contributed by atoms with Crippen molar-refractivity contribution in [3.8, 4) is 69.0 Å². The number of hydrogen-bond donors (Lipinski definition) is 8. The van der Waals surface area contributed by atoms with E-state index in [1.807, 2.05) is 32.0 Å². The van der Waals surface area contributed by atoms with Crippen molar-refractivity contribution >= 4 is 158 Å². The summed E-state index contributed by atoms with van der Waals surface area (Å²) in [5.74, 6) is -0.992. The first-order valence-corrected chi connectivity index (χ1v) is 53.8. The summed E-state index contributed by atoms with van der Waals surface area (Å²) < 4.78 is 256. The molecule has 0 atom stereocenters. The topological polar surface area (TPSA) is 566 Å². The first kappa shape index (κ1) is 108. The van der Waals surface area contributed by atoms with Crippen LogP contribution in [-0.4, -0.2) is 121 Å². The molecule has 0 aliphatic rings. The van der Waals surface area contributed by atoms with Crippen LogP contribution in [0.5, 0.6) is 69.0 Å². The number of aryl methyl sites for hydroxylation is 2. The number of carbonyl (C=O) groups is 3. The lowest BCUT2D eigenvalue weighted by Gasteiger charge is -2.15. The van der Waals surface area contributed by atoms with Crippen LogP contribution in [0.2, 0.25) is 0 Å². The molecule has 0 unspecified atom stereocenters. The predicted molar refractivity (Wildman–Crippen MR) is 531 cm³/mol. The van der Waals surface area contributed by atoms with Crippen LogP contribution in [0.4, 0.5) is 0 Å². The second kappa shape index (κ2) is 46.7. The highest BCUT2D eigenvalue weighted by Gasteiger charge is 2.30. The van der Waals surface area contributed by atoms with E-state index in [0.717, 1.165) is 65.4 Å². The third-order valence-corrected chi connectivity index (χ3v) is 31.5. The average molecular weight is 2210 g/mol. The Morgan fingerprint density at radius 3 is 0.892 bits per heavy atom. The van der Waals surface area contributed by atoms with E-state index in [2.05, 4.69) is 33.2 Å². The Hall–Kier alpha value is -13.8. The molecular weight excluding hydrogens is 2130 g/mol. The lowest BCUT2D eigenvalue weighted by atomic mass is 10.0. The molecule has 0 saturated heterocycles. The minimum Gasteiger partial charge on any atom is -0.495 e. The van der Waals surface area contributed by atoms with Gasteiger partial charge < -0.3 is 37.9 Å². The average Bonchev–Trinajstić information content (AvgIpc) is 0.767. The van der Waals surface area contributed by atoms with E-state index in [1.165, 1.54) is 116 Å². The highest BCUT2D eigenvalue weighted by atomic mass is 32.2. The van der Waals surface area contributed by atoms with Crippen molar-refractivity contribution in [2.24, 2.45) is 0 Å².